The molecule has 18 heavy (non-hydrogen) atoms. The summed E-state index contributed by atoms with van der Waals surface area (Å²) in [6.07, 6.45) is 1.18. The minimum Gasteiger partial charge on any atom is -0.295 e. The number of halogens is 3. The van der Waals surface area contributed by atoms with Crippen molar-refractivity contribution in [1.29, 1.82) is 0 Å². The molecule has 1 aromatic carbocycles. The first-order valence-corrected chi connectivity index (χ1v) is 5.67. The maximum Gasteiger partial charge on any atom is 0.328 e. The number of nitrogens with zero attached hydrogens (tertiary/aromatic N) is 1. The van der Waals surface area contributed by atoms with Crippen molar-refractivity contribution in [2.45, 2.75) is 6.54 Å². The van der Waals surface area contributed by atoms with Crippen molar-refractivity contribution >= 4 is 23.2 Å². The van der Waals surface area contributed by atoms with Crippen molar-refractivity contribution in [1.82, 2.24) is 9.55 Å². The summed E-state index contributed by atoms with van der Waals surface area (Å²) in [5.41, 5.74) is -0.880. The zero-order valence-corrected chi connectivity index (χ0v) is 10.4. The highest BCUT2D eigenvalue weighted by atomic mass is 35.5. The molecule has 94 valence electrons. The first-order chi connectivity index (χ1) is 8.49. The van der Waals surface area contributed by atoms with E-state index in [1.165, 1.54) is 18.3 Å². The van der Waals surface area contributed by atoms with E-state index in [0.717, 1.165) is 4.57 Å². The highest BCUT2D eigenvalue weighted by molar-refractivity contribution is 6.31. The Labute approximate surface area is 111 Å². The average Bonchev–Trinajstić information content (AvgIpc) is 2.32. The van der Waals surface area contributed by atoms with Crippen LogP contribution in [-0.2, 0) is 6.54 Å². The lowest BCUT2D eigenvalue weighted by Gasteiger charge is -2.07. The molecule has 2 aromatic rings. The van der Waals surface area contributed by atoms with Gasteiger partial charge in [0.25, 0.3) is 5.56 Å². The first kappa shape index (κ1) is 12.9. The molecule has 0 unspecified atom stereocenters. The number of hydrogen-bond acceptors (Lipinski definition) is 2. The van der Waals surface area contributed by atoms with Crippen molar-refractivity contribution in [3.05, 3.63) is 66.7 Å². The van der Waals surface area contributed by atoms with Gasteiger partial charge in [-0.2, -0.15) is 0 Å². The molecule has 4 nitrogen and oxygen atoms in total. The number of benzene rings is 1. The van der Waals surface area contributed by atoms with E-state index in [2.05, 4.69) is 0 Å². The van der Waals surface area contributed by atoms with Crippen LogP contribution in [0.4, 0.5) is 4.39 Å². The molecule has 1 N–H and O–H groups in total. The highest BCUT2D eigenvalue weighted by Crippen LogP contribution is 2.20. The maximum atomic E-state index is 13.2. The van der Waals surface area contributed by atoms with Crippen LogP contribution < -0.4 is 11.2 Å². The third-order valence-electron chi connectivity index (χ3n) is 2.34. The fraction of sp³-hybridized carbons (Fsp3) is 0.0909. The number of hydrogen-bond donors (Lipinski definition) is 1. The Morgan fingerprint density at radius 2 is 2.00 bits per heavy atom. The second-order valence-corrected chi connectivity index (χ2v) is 4.36. The third kappa shape index (κ3) is 2.47. The molecule has 0 aliphatic heterocycles. The topological polar surface area (TPSA) is 54.9 Å². The molecule has 0 amide bonds. The molecule has 0 atom stereocenters. The van der Waals surface area contributed by atoms with Crippen LogP contribution >= 0.6 is 23.2 Å². The van der Waals surface area contributed by atoms with Gasteiger partial charge in [0, 0.05) is 6.20 Å². The monoisotopic (exact) mass is 288 g/mol. The molecule has 2 rings (SSSR count). The quantitative estimate of drug-likeness (QED) is 0.919. The standard InChI is InChI=1S/C11H7Cl2FN2O2/c12-7-5-16(11(18)15-10(7)17)4-6-2-1-3-8(14)9(6)13/h1-3,5H,4H2,(H,15,17,18). The van der Waals surface area contributed by atoms with Gasteiger partial charge < -0.3 is 0 Å². The molecular formula is C11H7Cl2FN2O2. The summed E-state index contributed by atoms with van der Waals surface area (Å²) >= 11 is 11.4. The average molecular weight is 289 g/mol. The fourth-order valence-electron chi connectivity index (χ4n) is 1.45. The van der Waals surface area contributed by atoms with Gasteiger partial charge in [-0.25, -0.2) is 9.18 Å². The van der Waals surface area contributed by atoms with Crippen molar-refractivity contribution < 1.29 is 4.39 Å². The van der Waals surface area contributed by atoms with Crippen molar-refractivity contribution in [2.75, 3.05) is 0 Å². The minimum atomic E-state index is -0.664. The lowest BCUT2D eigenvalue weighted by Crippen LogP contribution is -2.30. The molecule has 0 fully saturated rings. The number of aromatic amines is 1. The fourth-order valence-corrected chi connectivity index (χ4v) is 1.81. The van der Waals surface area contributed by atoms with Crippen LogP contribution in [-0.4, -0.2) is 9.55 Å². The third-order valence-corrected chi connectivity index (χ3v) is 3.03. The Kier molecular flexibility index (Phi) is 3.54. The summed E-state index contributed by atoms with van der Waals surface area (Å²) in [5.74, 6) is -0.572. The molecule has 1 aromatic heterocycles. The molecule has 0 saturated heterocycles. The van der Waals surface area contributed by atoms with Crippen LogP contribution in [0.25, 0.3) is 0 Å². The van der Waals surface area contributed by atoms with Crippen LogP contribution in [0.3, 0.4) is 0 Å². The Balaban J connectivity index is 2.47. The summed E-state index contributed by atoms with van der Waals surface area (Å²) in [4.78, 5) is 24.6. The van der Waals surface area contributed by atoms with E-state index in [4.69, 9.17) is 23.2 Å². The van der Waals surface area contributed by atoms with Gasteiger partial charge in [-0.05, 0) is 11.6 Å². The summed E-state index contributed by atoms with van der Waals surface area (Å²) in [6, 6.07) is 4.28. The molecule has 0 aliphatic carbocycles. The zero-order valence-electron chi connectivity index (χ0n) is 8.91. The Hall–Kier alpha value is -1.59. The maximum absolute atomic E-state index is 13.2. The van der Waals surface area contributed by atoms with Crippen molar-refractivity contribution in [3.63, 3.8) is 0 Å². The van der Waals surface area contributed by atoms with E-state index < -0.39 is 17.1 Å². The smallest absolute Gasteiger partial charge is 0.295 e. The zero-order chi connectivity index (χ0) is 13.3. The van der Waals surface area contributed by atoms with Crippen molar-refractivity contribution in [3.8, 4) is 0 Å². The summed E-state index contributed by atoms with van der Waals surface area (Å²) in [5, 5.41) is -0.186. The number of nitrogens with one attached hydrogen (secondary N) is 1. The molecule has 0 saturated carbocycles. The number of H-pyrrole nitrogens is 1. The van der Waals surface area contributed by atoms with Gasteiger partial charge in [0.15, 0.2) is 0 Å². The van der Waals surface area contributed by atoms with Gasteiger partial charge in [-0.15, -0.1) is 0 Å². The van der Waals surface area contributed by atoms with Gasteiger partial charge in [0.05, 0.1) is 11.6 Å². The first-order valence-electron chi connectivity index (χ1n) is 4.91. The summed E-state index contributed by atoms with van der Waals surface area (Å²) in [7, 11) is 0. The summed E-state index contributed by atoms with van der Waals surface area (Å²) in [6.45, 7) is 0.0198. The number of rotatable bonds is 2. The van der Waals surface area contributed by atoms with E-state index in [1.807, 2.05) is 4.98 Å². The molecule has 7 heteroatoms. The highest BCUT2D eigenvalue weighted by Gasteiger charge is 2.08. The predicted molar refractivity (Wildman–Crippen MR) is 66.8 cm³/mol. The van der Waals surface area contributed by atoms with Gasteiger partial charge >= 0.3 is 5.69 Å². The van der Waals surface area contributed by atoms with Crippen LogP contribution in [0.2, 0.25) is 10.0 Å². The van der Waals surface area contributed by atoms with Gasteiger partial charge in [-0.1, -0.05) is 35.3 Å². The van der Waals surface area contributed by atoms with Crippen molar-refractivity contribution in [2.24, 2.45) is 0 Å². The molecular weight excluding hydrogens is 282 g/mol. The Morgan fingerprint density at radius 1 is 1.28 bits per heavy atom. The van der Waals surface area contributed by atoms with Crippen LogP contribution in [0.15, 0.2) is 34.0 Å². The van der Waals surface area contributed by atoms with Gasteiger partial charge in [0.2, 0.25) is 0 Å². The second kappa shape index (κ2) is 4.96. The van der Waals surface area contributed by atoms with Crippen LogP contribution in [0.5, 0.6) is 0 Å². The van der Waals surface area contributed by atoms with E-state index in [9.17, 15) is 14.0 Å². The molecule has 1 heterocycles. The lowest BCUT2D eigenvalue weighted by molar-refractivity contribution is 0.622. The molecule has 0 aliphatic rings. The van der Waals surface area contributed by atoms with Gasteiger partial charge in [-0.3, -0.25) is 14.3 Å². The van der Waals surface area contributed by atoms with E-state index in [-0.39, 0.29) is 16.6 Å². The molecule has 0 bridgehead atoms. The van der Waals surface area contributed by atoms with E-state index in [1.54, 1.807) is 6.07 Å². The lowest BCUT2D eigenvalue weighted by atomic mass is 10.2. The van der Waals surface area contributed by atoms with Crippen LogP contribution in [0, 0.1) is 5.82 Å². The van der Waals surface area contributed by atoms with Gasteiger partial charge in [0.1, 0.15) is 10.8 Å². The number of aromatic nitrogens is 2. The molecule has 0 radical (unpaired) electrons. The SMILES string of the molecule is O=c1[nH]c(=O)n(Cc2cccc(F)c2Cl)cc1Cl. The van der Waals surface area contributed by atoms with Crippen LogP contribution in [0.1, 0.15) is 5.56 Å². The molecule has 0 spiro atoms. The largest absolute Gasteiger partial charge is 0.328 e. The summed E-state index contributed by atoms with van der Waals surface area (Å²) < 4.78 is 14.4. The minimum absolute atomic E-state index is 0.0198. The second-order valence-electron chi connectivity index (χ2n) is 3.58. The van der Waals surface area contributed by atoms with E-state index in [0.29, 0.717) is 5.56 Å². The predicted octanol–water partition coefficient (Wildman–Crippen LogP) is 2.03. The Bertz CT molecular complexity index is 709. The Morgan fingerprint density at radius 3 is 2.72 bits per heavy atom. The normalized spacial score (nSPS) is 10.6. The van der Waals surface area contributed by atoms with E-state index >= 15 is 0 Å².